The van der Waals surface area contributed by atoms with E-state index in [2.05, 4.69) is 13.8 Å². The summed E-state index contributed by atoms with van der Waals surface area (Å²) in [5, 5.41) is 0. The van der Waals surface area contributed by atoms with Gasteiger partial charge in [0.1, 0.15) is 7.31 Å². The highest BCUT2D eigenvalue weighted by atomic mass is 15.0. The van der Waals surface area contributed by atoms with Crippen LogP contribution in [-0.2, 0) is 0 Å². The zero-order valence-corrected chi connectivity index (χ0v) is 5.02. The molecule has 0 aromatic carbocycles. The maximum atomic E-state index is 5.19. The Kier molecular flexibility index (Phi) is 4.31. The molecule has 1 nitrogen and oxygen atoms in total. The van der Waals surface area contributed by atoms with Gasteiger partial charge in [-0.15, -0.1) is 0 Å². The Morgan fingerprint density at radius 1 is 1.43 bits per heavy atom. The molecule has 0 amide bonds. The highest BCUT2D eigenvalue weighted by Crippen LogP contribution is 1.77. The topological polar surface area (TPSA) is 3.24 Å². The summed E-state index contributed by atoms with van der Waals surface area (Å²) in [6.07, 6.45) is 0. The van der Waals surface area contributed by atoms with Crippen molar-refractivity contribution in [1.82, 2.24) is 4.81 Å². The van der Waals surface area contributed by atoms with Crippen molar-refractivity contribution in [3.63, 3.8) is 0 Å². The quantitative estimate of drug-likeness (QED) is 0.446. The Balaban J connectivity index is 2.99. The van der Waals surface area contributed by atoms with Crippen LogP contribution in [0.3, 0.4) is 0 Å². The van der Waals surface area contributed by atoms with Gasteiger partial charge in [-0.3, -0.25) is 0 Å². The molecular formula is C4H10B2N. The smallest absolute Gasteiger partial charge is 0.148 e. The molecule has 0 aromatic heterocycles. The summed E-state index contributed by atoms with van der Waals surface area (Å²) < 4.78 is 0. The van der Waals surface area contributed by atoms with E-state index >= 15 is 0 Å². The van der Waals surface area contributed by atoms with E-state index in [1.165, 1.54) is 0 Å². The van der Waals surface area contributed by atoms with Crippen LogP contribution in [0.4, 0.5) is 0 Å². The fraction of sp³-hybridized carbons (Fsp3) is 1.00. The highest BCUT2D eigenvalue weighted by Gasteiger charge is 1.90. The summed E-state index contributed by atoms with van der Waals surface area (Å²) in [4.78, 5) is 2.03. The average Bonchev–Trinajstić information content (AvgIpc) is 1.72. The van der Waals surface area contributed by atoms with Crippen LogP contribution in [0.5, 0.6) is 0 Å². The van der Waals surface area contributed by atoms with Crippen LogP contribution in [-0.4, -0.2) is 32.9 Å². The standard InChI is InChI=1S/C4H10B2N/c1-3-7(4-2)6-5/h3-4H2,1-2H3. The zero-order chi connectivity index (χ0) is 5.70. The number of nitrogens with zero attached hydrogens (tertiary/aromatic N) is 1. The van der Waals surface area contributed by atoms with Crippen molar-refractivity contribution in [3.05, 3.63) is 0 Å². The molecule has 0 unspecified atom stereocenters. The largest absolute Gasteiger partial charge is 0.357 e. The minimum atomic E-state index is 1.01. The van der Waals surface area contributed by atoms with Crippen molar-refractivity contribution in [2.24, 2.45) is 0 Å². The fourth-order valence-corrected chi connectivity index (χ4v) is 0.434. The maximum absolute atomic E-state index is 5.19. The van der Waals surface area contributed by atoms with Crippen molar-refractivity contribution >= 4 is 15.0 Å². The predicted octanol–water partition coefficient (Wildman–Crippen LogP) is 0.0309. The lowest BCUT2D eigenvalue weighted by Gasteiger charge is -2.13. The van der Waals surface area contributed by atoms with Gasteiger partial charge >= 0.3 is 0 Å². The fourth-order valence-electron chi connectivity index (χ4n) is 0.434. The van der Waals surface area contributed by atoms with E-state index in [0.717, 1.165) is 13.1 Å². The average molecular weight is 93.8 g/mol. The van der Waals surface area contributed by atoms with Gasteiger partial charge in [0.2, 0.25) is 0 Å². The monoisotopic (exact) mass is 94.1 g/mol. The first-order valence-electron chi connectivity index (χ1n) is 2.64. The summed E-state index contributed by atoms with van der Waals surface area (Å²) >= 11 is 0. The summed E-state index contributed by atoms with van der Waals surface area (Å²) in [6.45, 7) is 6.17. The van der Waals surface area contributed by atoms with Gasteiger partial charge in [0.15, 0.2) is 0 Å². The van der Waals surface area contributed by atoms with Gasteiger partial charge in [-0.05, 0) is 13.1 Å². The molecule has 0 aliphatic carbocycles. The molecule has 0 heterocycles. The second kappa shape index (κ2) is 4.25. The first-order valence-corrected chi connectivity index (χ1v) is 2.64. The Bertz CT molecular complexity index is 31.2. The molecule has 0 N–H and O–H groups in total. The first kappa shape index (κ1) is 7.09. The van der Waals surface area contributed by atoms with E-state index in [-0.39, 0.29) is 0 Å². The van der Waals surface area contributed by atoms with Gasteiger partial charge in [-0.1, -0.05) is 13.8 Å². The second-order valence-electron chi connectivity index (χ2n) is 1.37. The SMILES string of the molecule is [B][B]N(CC)CC. The minimum Gasteiger partial charge on any atom is -0.357 e. The van der Waals surface area contributed by atoms with E-state index < -0.39 is 0 Å². The van der Waals surface area contributed by atoms with Crippen molar-refractivity contribution in [2.45, 2.75) is 13.8 Å². The number of hydrogen-bond donors (Lipinski definition) is 0. The van der Waals surface area contributed by atoms with Crippen LogP contribution in [0, 0.1) is 0 Å². The summed E-state index contributed by atoms with van der Waals surface area (Å²) in [5.74, 6) is 0. The Morgan fingerprint density at radius 2 is 1.86 bits per heavy atom. The first-order chi connectivity index (χ1) is 3.35. The van der Waals surface area contributed by atoms with Crippen molar-refractivity contribution in [3.8, 4) is 0 Å². The molecule has 0 atom stereocenters. The molecule has 3 radical (unpaired) electrons. The molecule has 0 saturated heterocycles. The molecule has 0 aliphatic heterocycles. The van der Waals surface area contributed by atoms with Crippen LogP contribution >= 0.6 is 0 Å². The Hall–Kier alpha value is 0.0899. The van der Waals surface area contributed by atoms with E-state index in [4.69, 9.17) is 7.74 Å². The normalized spacial score (nSPS) is 9.57. The molecule has 0 fully saturated rings. The van der Waals surface area contributed by atoms with Crippen molar-refractivity contribution in [1.29, 1.82) is 0 Å². The van der Waals surface area contributed by atoms with Crippen LogP contribution < -0.4 is 0 Å². The lowest BCUT2D eigenvalue weighted by molar-refractivity contribution is 0.501. The van der Waals surface area contributed by atoms with Gasteiger partial charge in [0, 0.05) is 7.74 Å². The van der Waals surface area contributed by atoms with Crippen LogP contribution in [0.25, 0.3) is 0 Å². The van der Waals surface area contributed by atoms with Crippen molar-refractivity contribution < 1.29 is 0 Å². The molecule has 0 spiro atoms. The third-order valence-electron chi connectivity index (χ3n) is 1.02. The van der Waals surface area contributed by atoms with Crippen molar-refractivity contribution in [2.75, 3.05) is 13.1 Å². The molecule has 0 bridgehead atoms. The van der Waals surface area contributed by atoms with E-state index in [0.29, 0.717) is 0 Å². The van der Waals surface area contributed by atoms with Gasteiger partial charge in [-0.25, -0.2) is 0 Å². The van der Waals surface area contributed by atoms with E-state index in [1.54, 1.807) is 7.31 Å². The molecular weight excluding hydrogens is 83.7 g/mol. The Labute approximate surface area is 47.7 Å². The van der Waals surface area contributed by atoms with Crippen LogP contribution in [0.15, 0.2) is 0 Å². The van der Waals surface area contributed by atoms with Crippen LogP contribution in [0.2, 0.25) is 0 Å². The lowest BCUT2D eigenvalue weighted by atomic mass is 9.65. The Morgan fingerprint density at radius 3 is 1.86 bits per heavy atom. The second-order valence-corrected chi connectivity index (χ2v) is 1.37. The highest BCUT2D eigenvalue weighted by molar-refractivity contribution is 6.87. The molecule has 37 valence electrons. The van der Waals surface area contributed by atoms with Gasteiger partial charge in [0.25, 0.3) is 0 Å². The number of rotatable bonds is 3. The lowest BCUT2D eigenvalue weighted by Crippen LogP contribution is -2.27. The van der Waals surface area contributed by atoms with E-state index in [1.807, 2.05) is 4.81 Å². The number of hydrogen-bond acceptors (Lipinski definition) is 1. The summed E-state index contributed by atoms with van der Waals surface area (Å²) in [6, 6.07) is 0. The molecule has 0 aliphatic rings. The molecule has 7 heavy (non-hydrogen) atoms. The van der Waals surface area contributed by atoms with Gasteiger partial charge in [-0.2, -0.15) is 0 Å². The van der Waals surface area contributed by atoms with Gasteiger partial charge in [0.05, 0.1) is 0 Å². The van der Waals surface area contributed by atoms with Crippen LogP contribution in [0.1, 0.15) is 13.8 Å². The molecule has 0 aromatic rings. The third kappa shape index (κ3) is 2.75. The third-order valence-corrected chi connectivity index (χ3v) is 1.02. The summed E-state index contributed by atoms with van der Waals surface area (Å²) in [5.41, 5.74) is 0. The predicted molar refractivity (Wildman–Crippen MR) is 34.4 cm³/mol. The zero-order valence-electron chi connectivity index (χ0n) is 5.02. The summed E-state index contributed by atoms with van der Waals surface area (Å²) in [7, 11) is 6.81. The molecule has 0 rings (SSSR count). The molecule has 3 heteroatoms. The van der Waals surface area contributed by atoms with Gasteiger partial charge < -0.3 is 4.81 Å². The molecule has 0 saturated carbocycles. The van der Waals surface area contributed by atoms with E-state index in [9.17, 15) is 0 Å². The minimum absolute atomic E-state index is 1.01. The maximum Gasteiger partial charge on any atom is 0.148 e.